The van der Waals surface area contributed by atoms with E-state index in [-0.39, 0.29) is 24.8 Å². The van der Waals surface area contributed by atoms with Crippen molar-refractivity contribution >= 4 is 17.9 Å². The zero-order chi connectivity index (χ0) is 14.8. The number of nitrogens with two attached hydrogens (primary N) is 1. The lowest BCUT2D eigenvalue weighted by atomic mass is 10.1. The molecule has 0 spiro atoms. The molecule has 8 nitrogen and oxygen atoms in total. The largest absolute Gasteiger partial charge is 0.436 e. The summed E-state index contributed by atoms with van der Waals surface area (Å²) in [4.78, 5) is 33.4. The van der Waals surface area contributed by atoms with Gasteiger partial charge < -0.3 is 15.8 Å². The predicted octanol–water partition coefficient (Wildman–Crippen LogP) is -0.747. The summed E-state index contributed by atoms with van der Waals surface area (Å²) in [6.45, 7) is 4.06. The number of carbonyl (C=O) groups excluding carboxylic acids is 3. The second-order valence-electron chi connectivity index (χ2n) is 4.39. The van der Waals surface area contributed by atoms with Crippen molar-refractivity contribution in [3.63, 3.8) is 0 Å². The first-order chi connectivity index (χ1) is 8.86. The molecule has 110 valence electrons. The molecule has 0 saturated heterocycles. The van der Waals surface area contributed by atoms with Crippen LogP contribution in [0.15, 0.2) is 0 Å². The highest BCUT2D eigenvalue weighted by Crippen LogP contribution is 2.08. The summed E-state index contributed by atoms with van der Waals surface area (Å²) < 4.78 is 4.73. The van der Waals surface area contributed by atoms with E-state index in [1.54, 1.807) is 0 Å². The maximum atomic E-state index is 11.7. The Morgan fingerprint density at radius 2 is 1.89 bits per heavy atom. The number of rotatable bonds is 8. The van der Waals surface area contributed by atoms with Gasteiger partial charge in [-0.1, -0.05) is 13.8 Å². The highest BCUT2D eigenvalue weighted by atomic mass is 16.6. The van der Waals surface area contributed by atoms with Crippen molar-refractivity contribution < 1.29 is 19.1 Å². The second-order valence-corrected chi connectivity index (χ2v) is 4.39. The molecule has 0 aliphatic carbocycles. The van der Waals surface area contributed by atoms with Gasteiger partial charge in [0, 0.05) is 20.0 Å². The van der Waals surface area contributed by atoms with Crippen molar-refractivity contribution in [3.05, 3.63) is 0 Å². The molecule has 0 rings (SSSR count). The van der Waals surface area contributed by atoms with Gasteiger partial charge in [0.25, 0.3) is 5.91 Å². The van der Waals surface area contributed by atoms with Crippen molar-refractivity contribution in [1.82, 2.24) is 16.2 Å². The number of hydrazine groups is 1. The van der Waals surface area contributed by atoms with Gasteiger partial charge in [0.15, 0.2) is 6.10 Å². The van der Waals surface area contributed by atoms with Gasteiger partial charge in [-0.15, -0.1) is 0 Å². The summed E-state index contributed by atoms with van der Waals surface area (Å²) in [5.41, 5.74) is 9.86. The van der Waals surface area contributed by atoms with E-state index in [1.165, 1.54) is 7.05 Å². The van der Waals surface area contributed by atoms with Crippen LogP contribution in [0.2, 0.25) is 0 Å². The van der Waals surface area contributed by atoms with E-state index < -0.39 is 18.1 Å². The highest BCUT2D eigenvalue weighted by Gasteiger charge is 2.22. The molecule has 19 heavy (non-hydrogen) atoms. The molecule has 1 unspecified atom stereocenters. The monoisotopic (exact) mass is 274 g/mol. The third-order valence-electron chi connectivity index (χ3n) is 2.20. The second kappa shape index (κ2) is 9.15. The molecule has 0 bridgehead atoms. The van der Waals surface area contributed by atoms with Gasteiger partial charge in [-0.05, 0) is 12.3 Å². The first kappa shape index (κ1) is 17.2. The van der Waals surface area contributed by atoms with Crippen LogP contribution in [0.4, 0.5) is 4.79 Å². The van der Waals surface area contributed by atoms with Crippen LogP contribution in [0.25, 0.3) is 0 Å². The van der Waals surface area contributed by atoms with Gasteiger partial charge in [0.1, 0.15) is 0 Å². The number of primary amides is 1. The molecule has 3 amide bonds. The first-order valence-corrected chi connectivity index (χ1v) is 6.06. The van der Waals surface area contributed by atoms with Crippen LogP contribution in [0.5, 0.6) is 0 Å². The summed E-state index contributed by atoms with van der Waals surface area (Å²) in [7, 11) is 1.53. The van der Waals surface area contributed by atoms with E-state index in [0.29, 0.717) is 6.42 Å². The van der Waals surface area contributed by atoms with Crippen LogP contribution in [0, 0.1) is 5.92 Å². The Morgan fingerprint density at radius 1 is 1.26 bits per heavy atom. The van der Waals surface area contributed by atoms with Gasteiger partial charge in [-0.25, -0.2) is 10.2 Å². The maximum absolute atomic E-state index is 11.7. The molecule has 0 aliphatic heterocycles. The van der Waals surface area contributed by atoms with Gasteiger partial charge >= 0.3 is 6.09 Å². The quantitative estimate of drug-likeness (QED) is 0.343. The highest BCUT2D eigenvalue weighted by molar-refractivity contribution is 5.82. The van der Waals surface area contributed by atoms with E-state index in [9.17, 15) is 14.4 Å². The SMILES string of the molecule is CNC(=O)CCNNC(=O)C(CC(C)C)OC(N)=O. The predicted molar refractivity (Wildman–Crippen MR) is 68.7 cm³/mol. The third-order valence-corrected chi connectivity index (χ3v) is 2.20. The molecule has 0 aromatic heterocycles. The lowest BCUT2D eigenvalue weighted by Gasteiger charge is -2.18. The van der Waals surface area contributed by atoms with Crippen LogP contribution < -0.4 is 21.9 Å². The lowest BCUT2D eigenvalue weighted by Crippen LogP contribution is -2.47. The molecule has 0 aromatic carbocycles. The average Bonchev–Trinajstić information content (AvgIpc) is 2.31. The fourth-order valence-electron chi connectivity index (χ4n) is 1.31. The van der Waals surface area contributed by atoms with Crippen LogP contribution in [-0.4, -0.2) is 37.6 Å². The Bertz CT molecular complexity index is 320. The minimum atomic E-state index is -0.994. The average molecular weight is 274 g/mol. The van der Waals surface area contributed by atoms with Gasteiger partial charge in [-0.3, -0.25) is 15.0 Å². The van der Waals surface area contributed by atoms with E-state index in [4.69, 9.17) is 10.5 Å². The first-order valence-electron chi connectivity index (χ1n) is 6.06. The van der Waals surface area contributed by atoms with Crippen LogP contribution in [0.1, 0.15) is 26.7 Å². The van der Waals surface area contributed by atoms with E-state index in [2.05, 4.69) is 16.2 Å². The van der Waals surface area contributed by atoms with E-state index in [1.807, 2.05) is 13.8 Å². The maximum Gasteiger partial charge on any atom is 0.405 e. The number of nitrogens with one attached hydrogen (secondary N) is 3. The number of hydrogen-bond donors (Lipinski definition) is 4. The van der Waals surface area contributed by atoms with Crippen molar-refractivity contribution in [3.8, 4) is 0 Å². The van der Waals surface area contributed by atoms with Crippen molar-refractivity contribution in [2.45, 2.75) is 32.8 Å². The summed E-state index contributed by atoms with van der Waals surface area (Å²) in [6.07, 6.45) is -1.34. The molecule has 8 heteroatoms. The topological polar surface area (TPSA) is 123 Å². The number of hydrogen-bond acceptors (Lipinski definition) is 5. The molecule has 0 radical (unpaired) electrons. The molecule has 0 heterocycles. The molecule has 0 aromatic rings. The molecular formula is C11H22N4O4. The fraction of sp³-hybridized carbons (Fsp3) is 0.727. The van der Waals surface area contributed by atoms with Crippen molar-refractivity contribution in [1.29, 1.82) is 0 Å². The zero-order valence-corrected chi connectivity index (χ0v) is 11.5. The molecule has 0 fully saturated rings. The fourth-order valence-corrected chi connectivity index (χ4v) is 1.31. The van der Waals surface area contributed by atoms with Crippen molar-refractivity contribution in [2.24, 2.45) is 11.7 Å². The lowest BCUT2D eigenvalue weighted by molar-refractivity contribution is -0.131. The minimum Gasteiger partial charge on any atom is -0.436 e. The van der Waals surface area contributed by atoms with Gasteiger partial charge in [-0.2, -0.15) is 0 Å². The van der Waals surface area contributed by atoms with Crippen molar-refractivity contribution in [2.75, 3.05) is 13.6 Å². The summed E-state index contributed by atoms with van der Waals surface area (Å²) in [6, 6.07) is 0. The Kier molecular flexibility index (Phi) is 8.27. The Labute approximate surface area is 112 Å². The zero-order valence-electron chi connectivity index (χ0n) is 11.5. The van der Waals surface area contributed by atoms with E-state index >= 15 is 0 Å². The molecule has 0 aliphatic rings. The third kappa shape index (κ3) is 8.83. The Hall–Kier alpha value is -1.83. The standard InChI is InChI=1S/C11H22N4O4/c1-7(2)6-8(19-11(12)18)10(17)15-14-5-4-9(16)13-3/h7-8,14H,4-6H2,1-3H3,(H2,12,18)(H,13,16)(H,15,17). The van der Waals surface area contributed by atoms with Gasteiger partial charge in [0.2, 0.25) is 5.91 Å². The molecule has 0 saturated carbocycles. The number of amides is 3. The van der Waals surface area contributed by atoms with Crippen LogP contribution in [0.3, 0.4) is 0 Å². The normalized spacial score (nSPS) is 11.8. The van der Waals surface area contributed by atoms with Gasteiger partial charge in [0.05, 0.1) is 0 Å². The Morgan fingerprint density at radius 3 is 2.37 bits per heavy atom. The molecule has 5 N–H and O–H groups in total. The number of carbonyl (C=O) groups is 3. The van der Waals surface area contributed by atoms with E-state index in [0.717, 1.165) is 0 Å². The molecular weight excluding hydrogens is 252 g/mol. The molecule has 1 atom stereocenters. The summed E-state index contributed by atoms with van der Waals surface area (Å²) >= 11 is 0. The summed E-state index contributed by atoms with van der Waals surface area (Å²) in [5, 5.41) is 2.45. The van der Waals surface area contributed by atoms with Crippen LogP contribution in [-0.2, 0) is 14.3 Å². The minimum absolute atomic E-state index is 0.145. The Balaban J connectivity index is 4.09. The van der Waals surface area contributed by atoms with Crippen LogP contribution >= 0.6 is 0 Å². The number of ether oxygens (including phenoxy) is 1. The summed E-state index contributed by atoms with van der Waals surface area (Å²) in [5.74, 6) is -0.473. The smallest absolute Gasteiger partial charge is 0.405 e.